The molecule has 0 amide bonds. The van der Waals surface area contributed by atoms with Gasteiger partial charge in [0.15, 0.2) is 0 Å². The van der Waals surface area contributed by atoms with Crippen molar-refractivity contribution in [1.82, 2.24) is 0 Å². The second kappa shape index (κ2) is 5.93. The van der Waals surface area contributed by atoms with Crippen molar-refractivity contribution < 1.29 is 13.2 Å². The van der Waals surface area contributed by atoms with Crippen molar-refractivity contribution in [2.24, 2.45) is 5.92 Å². The summed E-state index contributed by atoms with van der Waals surface area (Å²) in [5.74, 6) is 0.957. The number of hydrogen-bond acceptors (Lipinski definition) is 3. The van der Waals surface area contributed by atoms with Crippen LogP contribution in [0.1, 0.15) is 32.1 Å². The highest BCUT2D eigenvalue weighted by Gasteiger charge is 2.20. The molecule has 0 saturated heterocycles. The molecule has 1 aliphatic rings. The molecule has 1 aliphatic carbocycles. The number of hydrogen-bond donors (Lipinski definition) is 0. The van der Waals surface area contributed by atoms with Crippen LogP contribution in [0, 0.1) is 5.92 Å². The minimum atomic E-state index is -3.30. The van der Waals surface area contributed by atoms with Crippen molar-refractivity contribution >= 4 is 19.7 Å². The first-order valence-corrected chi connectivity index (χ1v) is 7.56. The van der Waals surface area contributed by atoms with E-state index in [9.17, 15) is 8.42 Å². The zero-order valence-corrected chi connectivity index (χ0v) is 9.82. The van der Waals surface area contributed by atoms with Gasteiger partial charge in [-0.1, -0.05) is 12.8 Å². The Morgan fingerprint density at radius 2 is 1.93 bits per heavy atom. The summed E-state index contributed by atoms with van der Waals surface area (Å²) in [7, 11) is 1.75. The maximum Gasteiger partial charge on any atom is 0.232 e. The Balaban J connectivity index is 1.79. The molecule has 5 heteroatoms. The van der Waals surface area contributed by atoms with Gasteiger partial charge in [0.05, 0.1) is 5.75 Å². The smallest absolute Gasteiger partial charge is 0.232 e. The van der Waals surface area contributed by atoms with Gasteiger partial charge in [0, 0.05) is 23.9 Å². The molecule has 0 atom stereocenters. The average Bonchev–Trinajstić information content (AvgIpc) is 2.84. The largest absolute Gasteiger partial charge is 0.381 e. The summed E-state index contributed by atoms with van der Waals surface area (Å²) < 4.78 is 26.4. The van der Waals surface area contributed by atoms with Crippen molar-refractivity contribution in [2.45, 2.75) is 32.1 Å². The van der Waals surface area contributed by atoms with Gasteiger partial charge < -0.3 is 4.74 Å². The summed E-state index contributed by atoms with van der Waals surface area (Å²) in [4.78, 5) is 0. The lowest BCUT2D eigenvalue weighted by Crippen LogP contribution is -2.02. The standard InChI is InChI=1S/C9H17ClO3S/c10-14(11,12)8-2-1-6-13-7-5-9-3-4-9/h9H,1-8H2. The van der Waals surface area contributed by atoms with Crippen LogP contribution in [0.2, 0.25) is 0 Å². The first-order valence-electron chi connectivity index (χ1n) is 5.08. The van der Waals surface area contributed by atoms with Crippen molar-refractivity contribution in [3.05, 3.63) is 0 Å². The molecular weight excluding hydrogens is 224 g/mol. The van der Waals surface area contributed by atoms with E-state index < -0.39 is 9.05 Å². The van der Waals surface area contributed by atoms with Crippen LogP contribution in [0.4, 0.5) is 0 Å². The molecule has 0 aromatic carbocycles. The van der Waals surface area contributed by atoms with Gasteiger partial charge in [0.25, 0.3) is 0 Å². The molecule has 0 aromatic heterocycles. The van der Waals surface area contributed by atoms with Gasteiger partial charge in [-0.05, 0) is 25.2 Å². The summed E-state index contributed by atoms with van der Waals surface area (Å²) in [6.07, 6.45) is 5.24. The summed E-state index contributed by atoms with van der Waals surface area (Å²) in [5.41, 5.74) is 0. The maximum absolute atomic E-state index is 10.5. The minimum absolute atomic E-state index is 0.0561. The predicted octanol–water partition coefficient (Wildman–Crippen LogP) is 2.15. The van der Waals surface area contributed by atoms with Crippen LogP contribution < -0.4 is 0 Å². The zero-order valence-electron chi connectivity index (χ0n) is 8.25. The first kappa shape index (κ1) is 12.3. The van der Waals surface area contributed by atoms with Crippen molar-refractivity contribution in [2.75, 3.05) is 19.0 Å². The van der Waals surface area contributed by atoms with E-state index in [-0.39, 0.29) is 5.75 Å². The third-order valence-electron chi connectivity index (χ3n) is 2.29. The maximum atomic E-state index is 10.5. The van der Waals surface area contributed by atoms with Gasteiger partial charge in [-0.3, -0.25) is 0 Å². The molecule has 3 nitrogen and oxygen atoms in total. The van der Waals surface area contributed by atoms with Gasteiger partial charge in [-0.25, -0.2) is 8.42 Å². The molecule has 0 bridgehead atoms. The predicted molar refractivity (Wildman–Crippen MR) is 57.0 cm³/mol. The molecule has 0 spiro atoms. The number of ether oxygens (including phenoxy) is 1. The van der Waals surface area contributed by atoms with E-state index in [0.29, 0.717) is 13.0 Å². The molecule has 0 aliphatic heterocycles. The summed E-state index contributed by atoms with van der Waals surface area (Å²) >= 11 is 0. The van der Waals surface area contributed by atoms with E-state index >= 15 is 0 Å². The third-order valence-corrected chi connectivity index (χ3v) is 3.53. The number of unbranched alkanes of at least 4 members (excludes halogenated alkanes) is 1. The molecule has 0 unspecified atom stereocenters. The first-order chi connectivity index (χ1) is 6.58. The SMILES string of the molecule is O=S(=O)(Cl)CCCCOCCC1CC1. The Kier molecular flexibility index (Phi) is 5.20. The van der Waals surface area contributed by atoms with E-state index in [1.54, 1.807) is 0 Å². The van der Waals surface area contributed by atoms with Crippen LogP contribution in [0.3, 0.4) is 0 Å². The fourth-order valence-corrected chi connectivity index (χ4v) is 2.11. The van der Waals surface area contributed by atoms with Crippen LogP contribution in [0.5, 0.6) is 0 Å². The van der Waals surface area contributed by atoms with Crippen LogP contribution in [-0.4, -0.2) is 27.4 Å². The molecule has 1 fully saturated rings. The van der Waals surface area contributed by atoms with Gasteiger partial charge >= 0.3 is 0 Å². The fraction of sp³-hybridized carbons (Fsp3) is 1.00. The summed E-state index contributed by atoms with van der Waals surface area (Å²) in [6, 6.07) is 0. The van der Waals surface area contributed by atoms with Gasteiger partial charge in [-0.15, -0.1) is 0 Å². The Hall–Kier alpha value is 0.200. The normalized spacial score (nSPS) is 17.2. The van der Waals surface area contributed by atoms with Crippen molar-refractivity contribution in [3.63, 3.8) is 0 Å². The monoisotopic (exact) mass is 240 g/mol. The van der Waals surface area contributed by atoms with Crippen molar-refractivity contribution in [3.8, 4) is 0 Å². The lowest BCUT2D eigenvalue weighted by atomic mass is 10.3. The minimum Gasteiger partial charge on any atom is -0.381 e. The molecule has 0 N–H and O–H groups in total. The zero-order chi connectivity index (χ0) is 10.4. The average molecular weight is 241 g/mol. The lowest BCUT2D eigenvalue weighted by molar-refractivity contribution is 0.125. The Bertz CT molecular complexity index is 247. The molecule has 1 rings (SSSR count). The van der Waals surface area contributed by atoms with E-state index in [1.807, 2.05) is 0 Å². The quantitative estimate of drug-likeness (QED) is 0.482. The Morgan fingerprint density at radius 1 is 1.21 bits per heavy atom. The highest BCUT2D eigenvalue weighted by atomic mass is 35.7. The topological polar surface area (TPSA) is 43.4 Å². The summed E-state index contributed by atoms with van der Waals surface area (Å²) in [5, 5.41) is 0. The highest BCUT2D eigenvalue weighted by Crippen LogP contribution is 2.32. The second-order valence-corrected chi connectivity index (χ2v) is 6.69. The van der Waals surface area contributed by atoms with Crippen LogP contribution in [0.15, 0.2) is 0 Å². The van der Waals surface area contributed by atoms with E-state index in [2.05, 4.69) is 0 Å². The number of halogens is 1. The molecule has 84 valence electrons. The third kappa shape index (κ3) is 7.59. The molecule has 0 aromatic rings. The van der Waals surface area contributed by atoms with E-state index in [0.717, 1.165) is 25.4 Å². The highest BCUT2D eigenvalue weighted by molar-refractivity contribution is 8.13. The van der Waals surface area contributed by atoms with Crippen LogP contribution in [0.25, 0.3) is 0 Å². The lowest BCUT2D eigenvalue weighted by Gasteiger charge is -2.02. The van der Waals surface area contributed by atoms with Gasteiger partial charge in [0.2, 0.25) is 9.05 Å². The van der Waals surface area contributed by atoms with Gasteiger partial charge in [0.1, 0.15) is 0 Å². The fourth-order valence-electron chi connectivity index (χ4n) is 1.24. The van der Waals surface area contributed by atoms with E-state index in [1.165, 1.54) is 12.8 Å². The Morgan fingerprint density at radius 3 is 2.50 bits per heavy atom. The van der Waals surface area contributed by atoms with E-state index in [4.69, 9.17) is 15.4 Å². The molecule has 1 saturated carbocycles. The molecule has 0 radical (unpaired) electrons. The van der Waals surface area contributed by atoms with Crippen LogP contribution >= 0.6 is 10.7 Å². The molecular formula is C9H17ClO3S. The van der Waals surface area contributed by atoms with Crippen LogP contribution in [-0.2, 0) is 13.8 Å². The molecule has 0 heterocycles. The Labute approximate surface area is 90.2 Å². The molecule has 14 heavy (non-hydrogen) atoms. The number of rotatable bonds is 8. The van der Waals surface area contributed by atoms with Gasteiger partial charge in [-0.2, -0.15) is 0 Å². The second-order valence-electron chi connectivity index (χ2n) is 3.79. The van der Waals surface area contributed by atoms with Crippen molar-refractivity contribution in [1.29, 1.82) is 0 Å². The summed E-state index contributed by atoms with van der Waals surface area (Å²) in [6.45, 7) is 1.47.